The number of amides is 1. The zero-order valence-electron chi connectivity index (χ0n) is 11.7. The van der Waals surface area contributed by atoms with E-state index in [0.29, 0.717) is 19.3 Å². The lowest BCUT2D eigenvalue weighted by Gasteiger charge is -2.46. The predicted molar refractivity (Wildman–Crippen MR) is 72.3 cm³/mol. The van der Waals surface area contributed by atoms with Crippen LogP contribution in [0.3, 0.4) is 0 Å². The maximum atomic E-state index is 12.1. The van der Waals surface area contributed by atoms with Crippen molar-refractivity contribution in [3.63, 3.8) is 0 Å². The van der Waals surface area contributed by atoms with E-state index in [1.165, 1.54) is 4.90 Å². The minimum Gasteiger partial charge on any atom is -0.477 e. The molecule has 5 heteroatoms. The van der Waals surface area contributed by atoms with Gasteiger partial charge in [0.25, 0.3) is 0 Å². The van der Waals surface area contributed by atoms with Gasteiger partial charge in [-0.25, -0.2) is 4.79 Å². The number of rotatable bonds is 5. The fourth-order valence-electron chi connectivity index (χ4n) is 3.36. The molecule has 2 aliphatic rings. The van der Waals surface area contributed by atoms with Crippen LogP contribution in [-0.4, -0.2) is 39.1 Å². The largest absolute Gasteiger partial charge is 0.477 e. The topological polar surface area (TPSA) is 77.8 Å². The van der Waals surface area contributed by atoms with Gasteiger partial charge in [0, 0.05) is 12.3 Å². The molecule has 2 aliphatic heterocycles. The molecule has 5 nitrogen and oxygen atoms in total. The zero-order valence-corrected chi connectivity index (χ0v) is 11.7. The molecule has 1 fully saturated rings. The molecule has 1 amide bonds. The lowest BCUT2D eigenvalue weighted by atomic mass is 9.77. The van der Waals surface area contributed by atoms with Crippen LogP contribution in [0.15, 0.2) is 11.3 Å². The third kappa shape index (κ3) is 2.01. The van der Waals surface area contributed by atoms with Crippen molar-refractivity contribution in [2.24, 2.45) is 11.8 Å². The zero-order chi connectivity index (χ0) is 15.0. The van der Waals surface area contributed by atoms with Crippen molar-refractivity contribution in [2.45, 2.75) is 45.3 Å². The van der Waals surface area contributed by atoms with E-state index in [1.54, 1.807) is 6.92 Å². The summed E-state index contributed by atoms with van der Waals surface area (Å²) in [4.78, 5) is 24.8. The van der Waals surface area contributed by atoms with E-state index in [-0.39, 0.29) is 23.6 Å². The number of fused-ring (bicyclic) bond motifs is 1. The van der Waals surface area contributed by atoms with E-state index >= 15 is 0 Å². The van der Waals surface area contributed by atoms with Crippen molar-refractivity contribution < 1.29 is 19.8 Å². The van der Waals surface area contributed by atoms with E-state index in [4.69, 9.17) is 6.42 Å². The van der Waals surface area contributed by atoms with Crippen LogP contribution >= 0.6 is 0 Å². The van der Waals surface area contributed by atoms with Crippen molar-refractivity contribution in [1.29, 1.82) is 0 Å². The summed E-state index contributed by atoms with van der Waals surface area (Å²) >= 11 is 0. The van der Waals surface area contributed by atoms with Gasteiger partial charge >= 0.3 is 5.97 Å². The van der Waals surface area contributed by atoms with E-state index < -0.39 is 18.0 Å². The molecule has 20 heavy (non-hydrogen) atoms. The number of carbonyl (C=O) groups is 2. The van der Waals surface area contributed by atoms with Crippen LogP contribution < -0.4 is 0 Å². The first-order valence-electron chi connectivity index (χ1n) is 6.82. The normalized spacial score (nSPS) is 29.8. The summed E-state index contributed by atoms with van der Waals surface area (Å²) in [7, 11) is 0. The van der Waals surface area contributed by atoms with E-state index in [2.05, 4.69) is 5.92 Å². The number of hydrogen-bond donors (Lipinski definition) is 2. The number of carbonyl (C=O) groups excluding carboxylic acids is 1. The van der Waals surface area contributed by atoms with Gasteiger partial charge in [-0.2, -0.15) is 0 Å². The molecule has 2 rings (SSSR count). The third-order valence-electron chi connectivity index (χ3n) is 4.29. The lowest BCUT2D eigenvalue weighted by Crippen LogP contribution is -2.63. The van der Waals surface area contributed by atoms with Crippen LogP contribution in [0, 0.1) is 24.2 Å². The SMILES string of the molecule is C#CCCCC1=C(C(=O)O)N2C(=O)C(C(C)O)C2C1C. The van der Waals surface area contributed by atoms with Crippen LogP contribution in [0.4, 0.5) is 0 Å². The summed E-state index contributed by atoms with van der Waals surface area (Å²) in [5.74, 6) is 0.626. The highest BCUT2D eigenvalue weighted by Gasteiger charge is 2.59. The summed E-state index contributed by atoms with van der Waals surface area (Å²) in [5.41, 5.74) is 0.871. The van der Waals surface area contributed by atoms with Gasteiger partial charge in [0.2, 0.25) is 5.91 Å². The van der Waals surface area contributed by atoms with Gasteiger partial charge in [-0.15, -0.1) is 12.3 Å². The molecule has 108 valence electrons. The number of aliphatic carboxylic acids is 1. The summed E-state index contributed by atoms with van der Waals surface area (Å²) in [6.45, 7) is 3.49. The maximum Gasteiger partial charge on any atom is 0.352 e. The molecule has 0 radical (unpaired) electrons. The molecule has 0 saturated carbocycles. The highest BCUT2D eigenvalue weighted by atomic mass is 16.4. The monoisotopic (exact) mass is 277 g/mol. The number of terminal acetylenes is 1. The van der Waals surface area contributed by atoms with Crippen molar-refractivity contribution in [1.82, 2.24) is 4.90 Å². The minimum atomic E-state index is -1.08. The second-order valence-corrected chi connectivity index (χ2v) is 5.49. The Morgan fingerprint density at radius 3 is 2.70 bits per heavy atom. The Labute approximate surface area is 118 Å². The molecule has 1 saturated heterocycles. The average Bonchev–Trinajstić information content (AvgIpc) is 2.60. The smallest absolute Gasteiger partial charge is 0.352 e. The quantitative estimate of drug-likeness (QED) is 0.446. The number of carboxylic acid groups (broad SMARTS) is 1. The standard InChI is InChI=1S/C15H19NO4/c1-4-5-6-7-10-8(2)12-11(9(3)17)14(18)16(12)13(10)15(19)20/h1,8-9,11-12,17H,5-7H2,2-3H3,(H,19,20). The molecule has 0 spiro atoms. The van der Waals surface area contributed by atoms with Gasteiger partial charge < -0.3 is 15.1 Å². The Bertz CT molecular complexity index is 514. The summed E-state index contributed by atoms with van der Waals surface area (Å²) in [6.07, 6.45) is 6.33. The number of β-lactam (4-membered cyclic amide) rings is 1. The van der Waals surface area contributed by atoms with Gasteiger partial charge in [0.05, 0.1) is 18.1 Å². The Balaban J connectivity index is 2.28. The molecule has 0 aromatic carbocycles. The first-order chi connectivity index (χ1) is 9.41. The summed E-state index contributed by atoms with van der Waals surface area (Å²) < 4.78 is 0. The van der Waals surface area contributed by atoms with Gasteiger partial charge in [0.15, 0.2) is 0 Å². The first-order valence-corrected chi connectivity index (χ1v) is 6.82. The third-order valence-corrected chi connectivity index (χ3v) is 4.29. The number of nitrogens with zero attached hydrogens (tertiary/aromatic N) is 1. The van der Waals surface area contributed by atoms with Crippen molar-refractivity contribution in [3.8, 4) is 12.3 Å². The molecule has 0 aliphatic carbocycles. The van der Waals surface area contributed by atoms with Crippen LogP contribution in [-0.2, 0) is 9.59 Å². The van der Waals surface area contributed by atoms with Crippen LogP contribution in [0.2, 0.25) is 0 Å². The molecule has 0 bridgehead atoms. The van der Waals surface area contributed by atoms with E-state index in [1.807, 2.05) is 6.92 Å². The second-order valence-electron chi connectivity index (χ2n) is 5.49. The molecule has 2 heterocycles. The van der Waals surface area contributed by atoms with Gasteiger partial charge in [0.1, 0.15) is 5.70 Å². The molecular weight excluding hydrogens is 258 g/mol. The first kappa shape index (κ1) is 14.6. The van der Waals surface area contributed by atoms with E-state index in [0.717, 1.165) is 5.57 Å². The number of carboxylic acids is 1. The van der Waals surface area contributed by atoms with Crippen LogP contribution in [0.5, 0.6) is 0 Å². The van der Waals surface area contributed by atoms with Crippen LogP contribution in [0.1, 0.15) is 33.1 Å². The van der Waals surface area contributed by atoms with Crippen molar-refractivity contribution >= 4 is 11.9 Å². The summed E-state index contributed by atoms with van der Waals surface area (Å²) in [5, 5.41) is 19.1. The van der Waals surface area contributed by atoms with Gasteiger partial charge in [-0.05, 0) is 25.3 Å². The Hall–Kier alpha value is -1.80. The highest BCUT2D eigenvalue weighted by molar-refractivity contribution is 6.00. The van der Waals surface area contributed by atoms with Gasteiger partial charge in [-0.3, -0.25) is 4.79 Å². The molecule has 0 aromatic rings. The minimum absolute atomic E-state index is 0.0452. The highest BCUT2D eigenvalue weighted by Crippen LogP contribution is 2.48. The average molecular weight is 277 g/mol. The van der Waals surface area contributed by atoms with Gasteiger partial charge in [-0.1, -0.05) is 6.92 Å². The Morgan fingerprint density at radius 1 is 1.55 bits per heavy atom. The lowest BCUT2D eigenvalue weighted by molar-refractivity contribution is -0.163. The number of hydrogen-bond acceptors (Lipinski definition) is 3. The maximum absolute atomic E-state index is 12.1. The number of unbranched alkanes of at least 4 members (excludes halogenated alkanes) is 1. The fourth-order valence-corrected chi connectivity index (χ4v) is 3.36. The predicted octanol–water partition coefficient (Wildman–Crippen LogP) is 0.986. The number of aliphatic hydroxyl groups is 1. The Kier molecular flexibility index (Phi) is 3.87. The second kappa shape index (κ2) is 5.29. The van der Waals surface area contributed by atoms with Crippen LogP contribution in [0.25, 0.3) is 0 Å². The number of aliphatic hydroxyl groups excluding tert-OH is 1. The molecular formula is C15H19NO4. The summed E-state index contributed by atoms with van der Waals surface area (Å²) in [6, 6.07) is -0.227. The van der Waals surface area contributed by atoms with Crippen molar-refractivity contribution in [2.75, 3.05) is 0 Å². The molecule has 4 atom stereocenters. The molecule has 0 aromatic heterocycles. The fraction of sp³-hybridized carbons (Fsp3) is 0.600. The van der Waals surface area contributed by atoms with E-state index in [9.17, 15) is 19.8 Å². The Morgan fingerprint density at radius 2 is 2.20 bits per heavy atom. The van der Waals surface area contributed by atoms with Crippen molar-refractivity contribution in [3.05, 3.63) is 11.3 Å². The molecule has 4 unspecified atom stereocenters. The molecule has 2 N–H and O–H groups in total.